The van der Waals surface area contributed by atoms with Crippen molar-refractivity contribution in [2.45, 2.75) is 62.6 Å². The van der Waals surface area contributed by atoms with E-state index in [1.165, 1.54) is 18.2 Å². The number of carbonyl (C=O) groups excluding carboxylic acids is 1. The molecule has 0 saturated carbocycles. The predicted molar refractivity (Wildman–Crippen MR) is 115 cm³/mol. The van der Waals surface area contributed by atoms with Crippen molar-refractivity contribution in [3.05, 3.63) is 59.9 Å². The Morgan fingerprint density at radius 3 is 2.17 bits per heavy atom. The van der Waals surface area contributed by atoms with Crippen LogP contribution in [0.4, 0.5) is 10.1 Å². The molecule has 0 radical (unpaired) electrons. The van der Waals surface area contributed by atoms with Crippen LogP contribution in [0.1, 0.15) is 50.9 Å². The Labute approximate surface area is 177 Å². The molecule has 0 spiro atoms. The molecule has 6 nitrogen and oxygen atoms in total. The van der Waals surface area contributed by atoms with E-state index in [1.54, 1.807) is 18.2 Å². The van der Waals surface area contributed by atoms with Crippen LogP contribution >= 0.6 is 0 Å². The Balaban J connectivity index is 1.81. The van der Waals surface area contributed by atoms with Gasteiger partial charge in [-0.2, -0.15) is 0 Å². The van der Waals surface area contributed by atoms with Gasteiger partial charge in [-0.15, -0.1) is 0 Å². The zero-order chi connectivity index (χ0) is 22.2. The van der Waals surface area contributed by atoms with Gasteiger partial charge in [0, 0.05) is 17.1 Å². The molecule has 1 aliphatic rings. The summed E-state index contributed by atoms with van der Waals surface area (Å²) < 4.78 is 40.9. The predicted octanol–water partition coefficient (Wildman–Crippen LogP) is 3.67. The number of piperidine rings is 1. The van der Waals surface area contributed by atoms with Gasteiger partial charge in [-0.25, -0.2) is 12.8 Å². The number of nitrogens with one attached hydrogen (secondary N) is 3. The summed E-state index contributed by atoms with van der Waals surface area (Å²) in [5, 5.41) is 6.63. The third-order valence-corrected chi connectivity index (χ3v) is 6.45. The van der Waals surface area contributed by atoms with Crippen LogP contribution in [-0.2, 0) is 10.0 Å². The Morgan fingerprint density at radius 1 is 1.00 bits per heavy atom. The smallest absolute Gasteiger partial charge is 0.261 e. The van der Waals surface area contributed by atoms with Crippen molar-refractivity contribution in [3.8, 4) is 0 Å². The minimum atomic E-state index is -3.96. The molecule has 1 heterocycles. The van der Waals surface area contributed by atoms with Crippen LogP contribution in [-0.4, -0.2) is 31.4 Å². The van der Waals surface area contributed by atoms with Crippen molar-refractivity contribution in [3.63, 3.8) is 0 Å². The summed E-state index contributed by atoms with van der Waals surface area (Å²) in [5.41, 5.74) is 0.136. The molecule has 30 heavy (non-hydrogen) atoms. The van der Waals surface area contributed by atoms with Crippen LogP contribution in [0.25, 0.3) is 0 Å². The molecule has 2 aromatic rings. The lowest BCUT2D eigenvalue weighted by molar-refractivity contribution is 0.0874. The van der Waals surface area contributed by atoms with Crippen LogP contribution in [0, 0.1) is 5.82 Å². The van der Waals surface area contributed by atoms with E-state index in [2.05, 4.69) is 43.1 Å². The molecule has 0 aromatic heterocycles. The second kappa shape index (κ2) is 8.00. The summed E-state index contributed by atoms with van der Waals surface area (Å²) in [4.78, 5) is 12.9. The summed E-state index contributed by atoms with van der Waals surface area (Å²) in [6, 6.07) is 10.9. The Morgan fingerprint density at radius 2 is 1.57 bits per heavy atom. The van der Waals surface area contributed by atoms with Crippen LogP contribution in [0.3, 0.4) is 0 Å². The van der Waals surface area contributed by atoms with Gasteiger partial charge in [-0.05, 0) is 76.9 Å². The maximum atomic E-state index is 13.1. The molecule has 1 fully saturated rings. The summed E-state index contributed by atoms with van der Waals surface area (Å²) in [6.45, 7) is 8.38. The average molecular weight is 434 g/mol. The van der Waals surface area contributed by atoms with Gasteiger partial charge in [0.2, 0.25) is 0 Å². The topological polar surface area (TPSA) is 87.3 Å². The van der Waals surface area contributed by atoms with Gasteiger partial charge in [-0.1, -0.05) is 12.1 Å². The van der Waals surface area contributed by atoms with Gasteiger partial charge in [-0.3, -0.25) is 9.52 Å². The highest BCUT2D eigenvalue weighted by Crippen LogP contribution is 2.29. The number of amides is 1. The third kappa shape index (κ3) is 5.37. The molecule has 0 unspecified atom stereocenters. The van der Waals surface area contributed by atoms with Crippen molar-refractivity contribution in [1.82, 2.24) is 10.6 Å². The Kier molecular flexibility index (Phi) is 5.93. The maximum Gasteiger partial charge on any atom is 0.261 e. The molecule has 2 aromatic carbocycles. The van der Waals surface area contributed by atoms with Gasteiger partial charge in [0.25, 0.3) is 15.9 Å². The second-order valence-corrected chi connectivity index (χ2v) is 10.8. The first-order valence-electron chi connectivity index (χ1n) is 9.85. The number of sulfonamides is 1. The van der Waals surface area contributed by atoms with Crippen molar-refractivity contribution < 1.29 is 17.6 Å². The lowest BCUT2D eigenvalue weighted by atomic mass is 9.79. The maximum absolute atomic E-state index is 13.1. The molecule has 8 heteroatoms. The van der Waals surface area contributed by atoms with E-state index in [4.69, 9.17) is 0 Å². The minimum Gasteiger partial charge on any atom is -0.349 e. The molecular weight excluding hydrogens is 405 g/mol. The second-order valence-electron chi connectivity index (χ2n) is 9.08. The fourth-order valence-corrected chi connectivity index (χ4v) is 5.35. The van der Waals surface area contributed by atoms with Gasteiger partial charge in [0.15, 0.2) is 0 Å². The van der Waals surface area contributed by atoms with E-state index in [1.807, 2.05) is 0 Å². The molecule has 3 N–H and O–H groups in total. The number of carbonyl (C=O) groups is 1. The molecule has 1 saturated heterocycles. The summed E-state index contributed by atoms with van der Waals surface area (Å²) in [6.07, 6.45) is 1.51. The van der Waals surface area contributed by atoms with Gasteiger partial charge < -0.3 is 10.6 Å². The highest BCUT2D eigenvalue weighted by molar-refractivity contribution is 7.92. The largest absolute Gasteiger partial charge is 0.349 e. The molecule has 0 atom stereocenters. The van der Waals surface area contributed by atoms with E-state index < -0.39 is 15.8 Å². The van der Waals surface area contributed by atoms with E-state index in [-0.39, 0.29) is 39.2 Å². The number of hydrogen-bond donors (Lipinski definition) is 3. The minimum absolute atomic E-state index is 0.0505. The molecule has 1 aliphatic heterocycles. The van der Waals surface area contributed by atoms with Crippen molar-refractivity contribution in [1.29, 1.82) is 0 Å². The normalized spacial score (nSPS) is 18.6. The number of para-hydroxylation sites is 1. The van der Waals surface area contributed by atoms with Crippen LogP contribution in [0.2, 0.25) is 0 Å². The summed E-state index contributed by atoms with van der Waals surface area (Å²) in [7, 11) is -3.96. The molecular formula is C22H28FN3O3S. The lowest BCUT2D eigenvalue weighted by Crippen LogP contribution is -2.62. The molecule has 0 bridgehead atoms. The van der Waals surface area contributed by atoms with Gasteiger partial charge in [0.05, 0.1) is 16.1 Å². The molecule has 0 aliphatic carbocycles. The quantitative estimate of drug-likeness (QED) is 0.672. The fourth-order valence-electron chi connectivity index (χ4n) is 4.28. The Hall–Kier alpha value is -2.45. The molecule has 162 valence electrons. The highest BCUT2D eigenvalue weighted by Gasteiger charge is 2.38. The zero-order valence-corrected chi connectivity index (χ0v) is 18.4. The number of hydrogen-bond acceptors (Lipinski definition) is 4. The number of rotatable bonds is 5. The van der Waals surface area contributed by atoms with E-state index in [0.29, 0.717) is 0 Å². The third-order valence-electron chi connectivity index (χ3n) is 5.07. The van der Waals surface area contributed by atoms with E-state index >= 15 is 0 Å². The van der Waals surface area contributed by atoms with Crippen molar-refractivity contribution >= 4 is 21.6 Å². The van der Waals surface area contributed by atoms with E-state index in [9.17, 15) is 17.6 Å². The number of anilines is 1. The average Bonchev–Trinajstić information content (AvgIpc) is 2.59. The first-order valence-corrected chi connectivity index (χ1v) is 11.3. The Bertz CT molecular complexity index is 1020. The first kappa shape index (κ1) is 22.2. The molecule has 1 amide bonds. The van der Waals surface area contributed by atoms with Crippen LogP contribution in [0.15, 0.2) is 53.4 Å². The van der Waals surface area contributed by atoms with E-state index in [0.717, 1.165) is 25.0 Å². The standard InChI is InChI=1S/C22H28FN3O3S/c1-21(2)13-16(14-22(3,4)26-21)24-20(27)18-7-5-6-8-19(18)25-30(28,29)17-11-9-15(23)10-12-17/h5-12,16,25-26H,13-14H2,1-4H3,(H,24,27). The van der Waals surface area contributed by atoms with Crippen molar-refractivity contribution in [2.75, 3.05) is 4.72 Å². The fraction of sp³-hybridized carbons (Fsp3) is 0.409. The summed E-state index contributed by atoms with van der Waals surface area (Å²) in [5.74, 6) is -0.868. The van der Waals surface area contributed by atoms with Crippen LogP contribution < -0.4 is 15.4 Å². The number of halogens is 1. The van der Waals surface area contributed by atoms with Crippen molar-refractivity contribution in [2.24, 2.45) is 0 Å². The van der Waals surface area contributed by atoms with Crippen LogP contribution in [0.5, 0.6) is 0 Å². The number of benzene rings is 2. The SMILES string of the molecule is CC1(C)CC(NC(=O)c2ccccc2NS(=O)(=O)c2ccc(F)cc2)CC(C)(C)N1. The molecule has 3 rings (SSSR count). The lowest BCUT2D eigenvalue weighted by Gasteiger charge is -2.46. The first-order chi connectivity index (χ1) is 13.9. The highest BCUT2D eigenvalue weighted by atomic mass is 32.2. The monoisotopic (exact) mass is 433 g/mol. The van der Waals surface area contributed by atoms with Gasteiger partial charge in [0.1, 0.15) is 5.82 Å². The zero-order valence-electron chi connectivity index (χ0n) is 17.6. The summed E-state index contributed by atoms with van der Waals surface area (Å²) >= 11 is 0. The van der Waals surface area contributed by atoms with Gasteiger partial charge >= 0.3 is 0 Å².